The number of H-pyrrole nitrogens is 2. The van der Waals surface area contributed by atoms with Crippen LogP contribution >= 0.6 is 0 Å². The number of rotatable bonds is 2. The molecule has 2 aromatic heterocycles. The Hall–Kier alpha value is -1.84. The molecular weight excluding hydrogens is 166 g/mol. The standard InChI is InChI=1S/C9H9N3O/c13-9-8(6-11-12-9)4-7-2-1-3-10-5-7/h1-3,5-6H,4H2,(H2,11,12,13). The number of hydrogen-bond acceptors (Lipinski definition) is 2. The highest BCUT2D eigenvalue weighted by Crippen LogP contribution is 2.01. The summed E-state index contributed by atoms with van der Waals surface area (Å²) in [6.07, 6.45) is 5.76. The molecule has 0 aliphatic heterocycles. The number of nitrogens with one attached hydrogen (secondary N) is 2. The average molecular weight is 175 g/mol. The third-order valence-corrected chi connectivity index (χ3v) is 1.84. The van der Waals surface area contributed by atoms with E-state index in [1.54, 1.807) is 18.6 Å². The van der Waals surface area contributed by atoms with Gasteiger partial charge in [0.15, 0.2) is 0 Å². The van der Waals surface area contributed by atoms with Crippen LogP contribution in [0, 0.1) is 0 Å². The van der Waals surface area contributed by atoms with E-state index in [1.165, 1.54) is 0 Å². The Morgan fingerprint density at radius 1 is 1.46 bits per heavy atom. The van der Waals surface area contributed by atoms with Crippen LogP contribution in [0.5, 0.6) is 0 Å². The highest BCUT2D eigenvalue weighted by molar-refractivity contribution is 5.18. The van der Waals surface area contributed by atoms with Crippen LogP contribution in [0.15, 0.2) is 35.5 Å². The fourth-order valence-corrected chi connectivity index (χ4v) is 1.19. The van der Waals surface area contributed by atoms with Gasteiger partial charge in [0.2, 0.25) is 0 Å². The summed E-state index contributed by atoms with van der Waals surface area (Å²) in [6, 6.07) is 3.80. The van der Waals surface area contributed by atoms with Crippen LogP contribution in [-0.4, -0.2) is 15.2 Å². The van der Waals surface area contributed by atoms with Gasteiger partial charge in [0.25, 0.3) is 5.56 Å². The van der Waals surface area contributed by atoms with Gasteiger partial charge in [-0.2, -0.15) is 0 Å². The predicted octanol–water partition coefficient (Wildman–Crippen LogP) is 0.689. The summed E-state index contributed by atoms with van der Waals surface area (Å²) in [5.74, 6) is 0. The molecule has 2 aromatic rings. The van der Waals surface area contributed by atoms with Crippen molar-refractivity contribution in [3.8, 4) is 0 Å². The Morgan fingerprint density at radius 2 is 2.38 bits per heavy atom. The minimum Gasteiger partial charge on any atom is -0.305 e. The van der Waals surface area contributed by atoms with Crippen molar-refractivity contribution < 1.29 is 0 Å². The van der Waals surface area contributed by atoms with Crippen LogP contribution in [0.2, 0.25) is 0 Å². The molecule has 0 radical (unpaired) electrons. The van der Waals surface area contributed by atoms with Crippen LogP contribution < -0.4 is 5.56 Å². The molecule has 2 heterocycles. The molecule has 0 bridgehead atoms. The fourth-order valence-electron chi connectivity index (χ4n) is 1.19. The summed E-state index contributed by atoms with van der Waals surface area (Å²) < 4.78 is 0. The van der Waals surface area contributed by atoms with Crippen molar-refractivity contribution in [2.75, 3.05) is 0 Å². The lowest BCUT2D eigenvalue weighted by Gasteiger charge is -1.94. The van der Waals surface area contributed by atoms with Crippen molar-refractivity contribution in [3.63, 3.8) is 0 Å². The molecule has 13 heavy (non-hydrogen) atoms. The van der Waals surface area contributed by atoms with Crippen LogP contribution in [0.25, 0.3) is 0 Å². The van der Waals surface area contributed by atoms with Crippen LogP contribution in [-0.2, 0) is 6.42 Å². The average Bonchev–Trinajstić information content (AvgIpc) is 2.54. The molecule has 0 unspecified atom stereocenters. The zero-order valence-electron chi connectivity index (χ0n) is 6.95. The minimum absolute atomic E-state index is 0.0659. The van der Waals surface area contributed by atoms with E-state index in [9.17, 15) is 4.79 Å². The fraction of sp³-hybridized carbons (Fsp3) is 0.111. The van der Waals surface area contributed by atoms with E-state index in [2.05, 4.69) is 15.2 Å². The van der Waals surface area contributed by atoms with Crippen LogP contribution in [0.3, 0.4) is 0 Å². The second-order valence-electron chi connectivity index (χ2n) is 2.81. The van der Waals surface area contributed by atoms with E-state index in [0.717, 1.165) is 11.1 Å². The van der Waals surface area contributed by atoms with Crippen molar-refractivity contribution in [2.45, 2.75) is 6.42 Å². The number of pyridine rings is 1. The van der Waals surface area contributed by atoms with Gasteiger partial charge in [-0.3, -0.25) is 14.9 Å². The monoisotopic (exact) mass is 175 g/mol. The highest BCUT2D eigenvalue weighted by atomic mass is 16.1. The van der Waals surface area contributed by atoms with Gasteiger partial charge in [-0.1, -0.05) is 6.07 Å². The summed E-state index contributed by atoms with van der Waals surface area (Å²) >= 11 is 0. The Balaban J connectivity index is 2.25. The molecule has 0 aromatic carbocycles. The highest BCUT2D eigenvalue weighted by Gasteiger charge is 2.00. The number of aromatic nitrogens is 3. The third-order valence-electron chi connectivity index (χ3n) is 1.84. The van der Waals surface area contributed by atoms with Crippen molar-refractivity contribution >= 4 is 0 Å². The Labute approximate surface area is 74.6 Å². The van der Waals surface area contributed by atoms with Crippen molar-refractivity contribution in [3.05, 3.63) is 52.2 Å². The first-order chi connectivity index (χ1) is 6.36. The SMILES string of the molecule is O=c1[nH][nH]cc1Cc1cccnc1. The number of aromatic amines is 2. The maximum Gasteiger partial charge on any atom is 0.267 e. The molecular formula is C9H9N3O. The van der Waals surface area contributed by atoms with E-state index in [1.807, 2.05) is 12.1 Å². The maximum atomic E-state index is 11.1. The van der Waals surface area contributed by atoms with Gasteiger partial charge in [-0.05, 0) is 11.6 Å². The molecule has 0 aliphatic carbocycles. The first-order valence-corrected chi connectivity index (χ1v) is 4.00. The smallest absolute Gasteiger partial charge is 0.267 e. The molecule has 0 spiro atoms. The van der Waals surface area contributed by atoms with Gasteiger partial charge >= 0.3 is 0 Å². The Bertz CT molecular complexity index is 429. The molecule has 2 N–H and O–H groups in total. The molecule has 4 heteroatoms. The van der Waals surface area contributed by atoms with Gasteiger partial charge < -0.3 is 5.10 Å². The van der Waals surface area contributed by atoms with Crippen molar-refractivity contribution in [1.82, 2.24) is 15.2 Å². The third kappa shape index (κ3) is 1.66. The zero-order chi connectivity index (χ0) is 9.10. The lowest BCUT2D eigenvalue weighted by Crippen LogP contribution is -2.05. The summed E-state index contributed by atoms with van der Waals surface area (Å²) in [7, 11) is 0. The molecule has 0 aliphatic rings. The first-order valence-electron chi connectivity index (χ1n) is 4.00. The van der Waals surface area contributed by atoms with E-state index in [4.69, 9.17) is 0 Å². The Kier molecular flexibility index (Phi) is 1.96. The van der Waals surface area contributed by atoms with E-state index in [0.29, 0.717) is 6.42 Å². The van der Waals surface area contributed by atoms with E-state index in [-0.39, 0.29) is 5.56 Å². The summed E-state index contributed by atoms with van der Waals surface area (Å²) in [5, 5.41) is 5.15. The second-order valence-corrected chi connectivity index (χ2v) is 2.81. The lowest BCUT2D eigenvalue weighted by atomic mass is 10.1. The summed E-state index contributed by atoms with van der Waals surface area (Å²) in [4.78, 5) is 15.1. The molecule has 0 fully saturated rings. The zero-order valence-corrected chi connectivity index (χ0v) is 6.95. The molecule has 0 saturated carbocycles. The Morgan fingerprint density at radius 3 is 3.00 bits per heavy atom. The maximum absolute atomic E-state index is 11.1. The van der Waals surface area contributed by atoms with Crippen LogP contribution in [0.4, 0.5) is 0 Å². The van der Waals surface area contributed by atoms with Crippen LogP contribution in [0.1, 0.15) is 11.1 Å². The first kappa shape index (κ1) is 7.79. The van der Waals surface area contributed by atoms with Gasteiger partial charge in [0, 0.05) is 30.6 Å². The topological polar surface area (TPSA) is 61.5 Å². The van der Waals surface area contributed by atoms with E-state index < -0.39 is 0 Å². The molecule has 66 valence electrons. The van der Waals surface area contributed by atoms with Gasteiger partial charge in [-0.15, -0.1) is 0 Å². The van der Waals surface area contributed by atoms with Gasteiger partial charge in [0.1, 0.15) is 0 Å². The van der Waals surface area contributed by atoms with E-state index >= 15 is 0 Å². The normalized spacial score (nSPS) is 10.2. The second kappa shape index (κ2) is 3.26. The molecule has 4 nitrogen and oxygen atoms in total. The molecule has 0 atom stereocenters. The summed E-state index contributed by atoms with van der Waals surface area (Å²) in [5.41, 5.74) is 1.70. The minimum atomic E-state index is -0.0659. The number of hydrogen-bond donors (Lipinski definition) is 2. The molecule has 0 saturated heterocycles. The quantitative estimate of drug-likeness (QED) is 0.705. The van der Waals surface area contributed by atoms with Gasteiger partial charge in [0.05, 0.1) is 0 Å². The van der Waals surface area contributed by atoms with Gasteiger partial charge in [-0.25, -0.2) is 0 Å². The summed E-state index contributed by atoms with van der Waals surface area (Å²) in [6.45, 7) is 0. The predicted molar refractivity (Wildman–Crippen MR) is 48.5 cm³/mol. The largest absolute Gasteiger partial charge is 0.305 e. The number of nitrogens with zero attached hydrogens (tertiary/aromatic N) is 1. The molecule has 0 amide bonds. The molecule has 2 rings (SSSR count). The lowest BCUT2D eigenvalue weighted by molar-refractivity contribution is 1.05. The van der Waals surface area contributed by atoms with Crippen molar-refractivity contribution in [1.29, 1.82) is 0 Å². The van der Waals surface area contributed by atoms with Crippen molar-refractivity contribution in [2.24, 2.45) is 0 Å².